The zero-order valence-corrected chi connectivity index (χ0v) is 33.0. The first kappa shape index (κ1) is 43.8. The topological polar surface area (TPSA) is 27.7 Å². The first-order chi connectivity index (χ1) is 21.3. The second-order valence-electron chi connectivity index (χ2n) is 12.3. The lowest BCUT2D eigenvalue weighted by Crippen LogP contribution is -2.19. The van der Waals surface area contributed by atoms with E-state index in [4.69, 9.17) is 14.2 Å². The van der Waals surface area contributed by atoms with Crippen LogP contribution in [0.1, 0.15) is 181 Å². The van der Waals surface area contributed by atoms with Gasteiger partial charge in [0.05, 0.1) is 12.2 Å². The van der Waals surface area contributed by atoms with Gasteiger partial charge in [-0.05, 0) is 85.9 Å². The smallest absolute Gasteiger partial charge is 0.149 e. The third-order valence-corrected chi connectivity index (χ3v) is 9.71. The lowest BCUT2D eigenvalue weighted by Gasteiger charge is -2.20. The van der Waals surface area contributed by atoms with Crippen LogP contribution in [0.2, 0.25) is 0 Å². The van der Waals surface area contributed by atoms with Gasteiger partial charge < -0.3 is 14.2 Å². The Labute approximate surface area is 297 Å². The predicted molar refractivity (Wildman–Crippen MR) is 208 cm³/mol. The van der Waals surface area contributed by atoms with Crippen molar-refractivity contribution in [3.63, 3.8) is 0 Å². The molecule has 0 spiro atoms. The average molecular weight is 831 g/mol. The summed E-state index contributed by atoms with van der Waals surface area (Å²) in [5.74, 6) is 0. The zero-order valence-electron chi connectivity index (χ0n) is 28.7. The van der Waals surface area contributed by atoms with E-state index in [1.807, 2.05) is 0 Å². The number of ether oxygens (including phenoxy) is 3. The number of hydrogen-bond acceptors (Lipinski definition) is 3. The van der Waals surface area contributed by atoms with Gasteiger partial charge in [-0.2, -0.15) is 0 Å². The normalized spacial score (nSPS) is 13.5. The Hall–Kier alpha value is 0.820. The van der Waals surface area contributed by atoms with Crippen LogP contribution in [0.4, 0.5) is 0 Å². The molecule has 256 valence electrons. The summed E-state index contributed by atoms with van der Waals surface area (Å²) in [5, 5.41) is 0. The van der Waals surface area contributed by atoms with E-state index in [-0.39, 0.29) is 12.2 Å². The summed E-state index contributed by atoms with van der Waals surface area (Å²) in [5.41, 5.74) is 0. The Morgan fingerprint density at radius 3 is 1.21 bits per heavy atom. The molecule has 2 atom stereocenters. The molecule has 0 amide bonds. The molecule has 0 saturated heterocycles. The van der Waals surface area contributed by atoms with Gasteiger partial charge in [0, 0.05) is 0 Å². The first-order valence-electron chi connectivity index (χ1n) is 18.5. The van der Waals surface area contributed by atoms with Crippen LogP contribution in [0.15, 0.2) is 24.3 Å². The summed E-state index contributed by atoms with van der Waals surface area (Å²) in [6.45, 7) is 5.26. The fourth-order valence-corrected chi connectivity index (χ4v) is 6.43. The Bertz CT molecular complexity index is 521. The monoisotopic (exact) mass is 830 g/mol. The first-order valence-corrected chi connectivity index (χ1v) is 21.6. The molecule has 0 aliphatic heterocycles. The van der Waals surface area contributed by atoms with Crippen LogP contribution < -0.4 is 0 Å². The molecule has 0 aromatic heterocycles. The van der Waals surface area contributed by atoms with Gasteiger partial charge in [0.25, 0.3) is 0 Å². The predicted octanol–water partition coefficient (Wildman–Crippen LogP) is 13.9. The maximum absolute atomic E-state index is 6.24. The second-order valence-corrected chi connectivity index (χ2v) is 14.5. The Morgan fingerprint density at radius 2 is 0.791 bits per heavy atom. The standard InChI is InChI=1S/C38H72I2O3/c1-3-5-7-17-23-29-37(31-25-19-13-9-11-15-21-27-33-39)42-35-41-36-43-38(30-24-18-8-6-4-2)32-26-20-14-10-12-16-22-28-34-40/h13-14,19-20,37-38H,3-12,15-18,21-36H2,1-2H3. The molecule has 0 aliphatic rings. The highest BCUT2D eigenvalue weighted by molar-refractivity contribution is 14.1. The molecule has 0 saturated carbocycles. The minimum Gasteiger partial charge on any atom is -0.352 e. The molecule has 0 aromatic carbocycles. The molecular formula is C38H72I2O3. The third-order valence-electron chi connectivity index (χ3n) is 8.19. The van der Waals surface area contributed by atoms with Crippen LogP contribution in [0.5, 0.6) is 0 Å². The summed E-state index contributed by atoms with van der Waals surface area (Å²) >= 11 is 4.96. The van der Waals surface area contributed by atoms with Gasteiger partial charge in [0.1, 0.15) is 13.6 Å². The molecule has 0 aromatic rings. The third kappa shape index (κ3) is 35.5. The van der Waals surface area contributed by atoms with Crippen LogP contribution >= 0.6 is 45.2 Å². The van der Waals surface area contributed by atoms with Crippen LogP contribution in [-0.2, 0) is 14.2 Å². The minimum absolute atomic E-state index is 0.288. The Kier molecular flexibility index (Phi) is 39.7. The van der Waals surface area contributed by atoms with Crippen molar-refractivity contribution in [2.45, 2.75) is 193 Å². The van der Waals surface area contributed by atoms with Crippen molar-refractivity contribution in [3.8, 4) is 0 Å². The van der Waals surface area contributed by atoms with Crippen molar-refractivity contribution in [1.29, 1.82) is 0 Å². The van der Waals surface area contributed by atoms with Crippen LogP contribution in [-0.4, -0.2) is 34.6 Å². The van der Waals surface area contributed by atoms with Crippen LogP contribution in [0.3, 0.4) is 0 Å². The summed E-state index contributed by atoms with van der Waals surface area (Å²) in [7, 11) is 0. The highest BCUT2D eigenvalue weighted by Gasteiger charge is 2.11. The number of rotatable bonds is 36. The van der Waals surface area contributed by atoms with E-state index < -0.39 is 0 Å². The summed E-state index contributed by atoms with van der Waals surface area (Å²) in [4.78, 5) is 0. The van der Waals surface area contributed by atoms with E-state index in [0.29, 0.717) is 13.6 Å². The zero-order chi connectivity index (χ0) is 31.3. The minimum atomic E-state index is 0.288. The molecule has 2 unspecified atom stereocenters. The van der Waals surface area contributed by atoms with Gasteiger partial charge in [-0.25, -0.2) is 0 Å². The maximum atomic E-state index is 6.24. The van der Waals surface area contributed by atoms with Gasteiger partial charge in [-0.3, -0.25) is 0 Å². The highest BCUT2D eigenvalue weighted by Crippen LogP contribution is 2.17. The Morgan fingerprint density at radius 1 is 0.419 bits per heavy atom. The SMILES string of the molecule is CCCCCCCC(CCC=CCCCCCCI)OCOCOC(CCC=CCCCCCCI)CCCCCCC. The number of unbranched alkanes of at least 4 members (excludes halogenated alkanes) is 16. The summed E-state index contributed by atoms with van der Waals surface area (Å²) < 4.78 is 20.9. The van der Waals surface area contributed by atoms with Crippen molar-refractivity contribution < 1.29 is 14.2 Å². The second kappa shape index (κ2) is 39.0. The van der Waals surface area contributed by atoms with E-state index in [2.05, 4.69) is 83.3 Å². The summed E-state index contributed by atoms with van der Waals surface area (Å²) in [6, 6.07) is 0. The van der Waals surface area contributed by atoms with E-state index in [1.54, 1.807) is 0 Å². The number of hydrogen-bond donors (Lipinski definition) is 0. The molecule has 43 heavy (non-hydrogen) atoms. The molecule has 0 heterocycles. The average Bonchev–Trinajstić information content (AvgIpc) is 3.01. The van der Waals surface area contributed by atoms with E-state index in [1.165, 1.54) is 137 Å². The van der Waals surface area contributed by atoms with Crippen LogP contribution in [0.25, 0.3) is 0 Å². The van der Waals surface area contributed by atoms with Crippen molar-refractivity contribution in [1.82, 2.24) is 0 Å². The van der Waals surface area contributed by atoms with Gasteiger partial charge >= 0.3 is 0 Å². The molecular weight excluding hydrogens is 758 g/mol. The quantitative estimate of drug-likeness (QED) is 0.0207. The molecule has 0 bridgehead atoms. The highest BCUT2D eigenvalue weighted by atomic mass is 127. The largest absolute Gasteiger partial charge is 0.352 e. The molecule has 0 N–H and O–H groups in total. The van der Waals surface area contributed by atoms with Crippen molar-refractivity contribution in [3.05, 3.63) is 24.3 Å². The van der Waals surface area contributed by atoms with E-state index in [9.17, 15) is 0 Å². The van der Waals surface area contributed by atoms with Crippen molar-refractivity contribution in [2.24, 2.45) is 0 Å². The van der Waals surface area contributed by atoms with Gasteiger partial charge in [0.2, 0.25) is 0 Å². The van der Waals surface area contributed by atoms with Gasteiger partial charge in [-0.1, -0.05) is 173 Å². The van der Waals surface area contributed by atoms with Crippen molar-refractivity contribution in [2.75, 3.05) is 22.4 Å². The van der Waals surface area contributed by atoms with Gasteiger partial charge in [-0.15, -0.1) is 0 Å². The number of halogens is 2. The fourth-order valence-electron chi connectivity index (χ4n) is 5.35. The number of allylic oxidation sites excluding steroid dienone is 4. The molecule has 3 nitrogen and oxygen atoms in total. The molecule has 0 fully saturated rings. The molecule has 0 rings (SSSR count). The lowest BCUT2D eigenvalue weighted by molar-refractivity contribution is -0.167. The van der Waals surface area contributed by atoms with Gasteiger partial charge in [0.15, 0.2) is 0 Å². The fraction of sp³-hybridized carbons (Fsp3) is 0.895. The van der Waals surface area contributed by atoms with E-state index >= 15 is 0 Å². The molecule has 0 radical (unpaired) electrons. The Balaban J connectivity index is 4.40. The molecule has 5 heteroatoms. The maximum Gasteiger partial charge on any atom is 0.149 e. The lowest BCUT2D eigenvalue weighted by atomic mass is 10.0. The van der Waals surface area contributed by atoms with Crippen molar-refractivity contribution >= 4 is 45.2 Å². The van der Waals surface area contributed by atoms with Crippen LogP contribution in [0, 0.1) is 0 Å². The van der Waals surface area contributed by atoms with E-state index in [0.717, 1.165) is 38.5 Å². The number of alkyl halides is 2. The molecule has 0 aliphatic carbocycles. The summed E-state index contributed by atoms with van der Waals surface area (Å²) in [6.07, 6.45) is 43.2.